The van der Waals surface area contributed by atoms with Crippen molar-refractivity contribution in [1.82, 2.24) is 9.38 Å². The highest BCUT2D eigenvalue weighted by Crippen LogP contribution is 2.26. The SMILES string of the molecule is CC1(Nc2nc3ccccn3c2C(=O)O)CCCOC1. The van der Waals surface area contributed by atoms with Crippen molar-refractivity contribution in [2.45, 2.75) is 25.3 Å². The van der Waals surface area contributed by atoms with Gasteiger partial charge in [0.1, 0.15) is 5.65 Å². The van der Waals surface area contributed by atoms with Crippen LogP contribution in [0.3, 0.4) is 0 Å². The molecule has 6 heteroatoms. The number of aromatic carboxylic acids is 1. The summed E-state index contributed by atoms with van der Waals surface area (Å²) in [5.74, 6) is -0.594. The topological polar surface area (TPSA) is 75.9 Å². The molecule has 2 aromatic heterocycles. The highest BCUT2D eigenvalue weighted by Gasteiger charge is 2.30. The van der Waals surface area contributed by atoms with Gasteiger partial charge in [-0.1, -0.05) is 6.07 Å². The Kier molecular flexibility index (Phi) is 3.10. The Morgan fingerprint density at radius 3 is 3.10 bits per heavy atom. The molecular weight excluding hydrogens is 258 g/mol. The molecule has 0 spiro atoms. The standard InChI is InChI=1S/C14H17N3O3/c1-14(6-4-8-20-9-14)16-12-11(13(18)19)17-7-3-2-5-10(17)15-12/h2-3,5,7,16H,4,6,8-9H2,1H3,(H,18,19). The lowest BCUT2D eigenvalue weighted by Gasteiger charge is -2.34. The second kappa shape index (κ2) is 4.79. The summed E-state index contributed by atoms with van der Waals surface area (Å²) in [4.78, 5) is 15.9. The fraction of sp³-hybridized carbons (Fsp3) is 0.429. The molecule has 1 saturated heterocycles. The predicted molar refractivity (Wildman–Crippen MR) is 74.2 cm³/mol. The van der Waals surface area contributed by atoms with Crippen LogP contribution in [0.15, 0.2) is 24.4 Å². The van der Waals surface area contributed by atoms with Gasteiger partial charge in [-0.05, 0) is 31.9 Å². The van der Waals surface area contributed by atoms with Crippen LogP contribution in [0.25, 0.3) is 5.65 Å². The minimum absolute atomic E-state index is 0.160. The van der Waals surface area contributed by atoms with Crippen LogP contribution in [0.4, 0.5) is 5.82 Å². The van der Waals surface area contributed by atoms with Crippen LogP contribution in [0, 0.1) is 0 Å². The maximum Gasteiger partial charge on any atom is 0.356 e. The largest absolute Gasteiger partial charge is 0.476 e. The van der Waals surface area contributed by atoms with Crippen LogP contribution >= 0.6 is 0 Å². The van der Waals surface area contributed by atoms with Crippen LogP contribution in [-0.4, -0.2) is 39.2 Å². The van der Waals surface area contributed by atoms with E-state index in [2.05, 4.69) is 10.3 Å². The summed E-state index contributed by atoms with van der Waals surface area (Å²) < 4.78 is 7.07. The molecule has 0 aliphatic carbocycles. The lowest BCUT2D eigenvalue weighted by atomic mass is 9.95. The lowest BCUT2D eigenvalue weighted by molar-refractivity contribution is 0.0537. The summed E-state index contributed by atoms with van der Waals surface area (Å²) in [6.07, 6.45) is 3.59. The molecule has 0 saturated carbocycles. The van der Waals surface area contributed by atoms with Crippen molar-refractivity contribution in [3.63, 3.8) is 0 Å². The highest BCUT2D eigenvalue weighted by molar-refractivity contribution is 5.93. The first-order valence-electron chi connectivity index (χ1n) is 6.65. The molecule has 6 nitrogen and oxygen atoms in total. The van der Waals surface area contributed by atoms with Gasteiger partial charge in [-0.15, -0.1) is 0 Å². The predicted octanol–water partition coefficient (Wildman–Crippen LogP) is 2.01. The Morgan fingerprint density at radius 1 is 1.55 bits per heavy atom. The number of anilines is 1. The molecule has 1 aliphatic heterocycles. The van der Waals surface area contributed by atoms with E-state index in [0.29, 0.717) is 18.1 Å². The molecule has 2 N–H and O–H groups in total. The summed E-state index contributed by atoms with van der Waals surface area (Å²) in [7, 11) is 0. The minimum atomic E-state index is -0.994. The lowest BCUT2D eigenvalue weighted by Crippen LogP contribution is -2.43. The smallest absolute Gasteiger partial charge is 0.356 e. The minimum Gasteiger partial charge on any atom is -0.476 e. The van der Waals surface area contributed by atoms with Gasteiger partial charge in [0.25, 0.3) is 0 Å². The van der Waals surface area contributed by atoms with Gasteiger partial charge in [0, 0.05) is 12.8 Å². The number of hydrogen-bond acceptors (Lipinski definition) is 4. The van der Waals surface area contributed by atoms with Crippen LogP contribution in [-0.2, 0) is 4.74 Å². The number of carbonyl (C=O) groups is 1. The van der Waals surface area contributed by atoms with E-state index in [1.807, 2.05) is 13.0 Å². The number of fused-ring (bicyclic) bond motifs is 1. The second-order valence-corrected chi connectivity index (χ2v) is 5.38. The molecule has 1 atom stereocenters. The highest BCUT2D eigenvalue weighted by atomic mass is 16.5. The Hall–Kier alpha value is -2.08. The summed E-state index contributed by atoms with van der Waals surface area (Å²) in [6.45, 7) is 3.34. The summed E-state index contributed by atoms with van der Waals surface area (Å²) in [6, 6.07) is 5.41. The molecule has 0 aromatic carbocycles. The molecular formula is C14H17N3O3. The third-order valence-electron chi connectivity index (χ3n) is 3.59. The van der Waals surface area contributed by atoms with E-state index in [4.69, 9.17) is 4.74 Å². The van der Waals surface area contributed by atoms with Gasteiger partial charge in [-0.2, -0.15) is 0 Å². The van der Waals surface area contributed by atoms with Crippen molar-refractivity contribution in [2.24, 2.45) is 0 Å². The van der Waals surface area contributed by atoms with E-state index in [0.717, 1.165) is 19.4 Å². The van der Waals surface area contributed by atoms with Crippen molar-refractivity contribution in [3.05, 3.63) is 30.1 Å². The molecule has 0 radical (unpaired) electrons. The van der Waals surface area contributed by atoms with Gasteiger partial charge in [0.05, 0.1) is 12.1 Å². The van der Waals surface area contributed by atoms with Crippen LogP contribution in [0.2, 0.25) is 0 Å². The Morgan fingerprint density at radius 2 is 2.40 bits per heavy atom. The zero-order valence-corrected chi connectivity index (χ0v) is 11.3. The molecule has 3 heterocycles. The van der Waals surface area contributed by atoms with Gasteiger partial charge in [-0.3, -0.25) is 4.40 Å². The molecule has 0 bridgehead atoms. The van der Waals surface area contributed by atoms with Crippen LogP contribution < -0.4 is 5.32 Å². The number of pyridine rings is 1. The van der Waals surface area contributed by atoms with Crippen molar-refractivity contribution in [2.75, 3.05) is 18.5 Å². The average molecular weight is 275 g/mol. The molecule has 3 rings (SSSR count). The number of carboxylic acid groups (broad SMARTS) is 1. The van der Waals surface area contributed by atoms with E-state index in [1.54, 1.807) is 22.7 Å². The number of carboxylic acids is 1. The molecule has 2 aromatic rings. The maximum atomic E-state index is 11.5. The van der Waals surface area contributed by atoms with Crippen LogP contribution in [0.1, 0.15) is 30.3 Å². The van der Waals surface area contributed by atoms with Gasteiger partial charge in [0.2, 0.25) is 0 Å². The Balaban J connectivity index is 2.02. The Labute approximate surface area is 116 Å². The third-order valence-corrected chi connectivity index (χ3v) is 3.59. The quantitative estimate of drug-likeness (QED) is 0.896. The molecule has 1 fully saturated rings. The van der Waals surface area contributed by atoms with Crippen LogP contribution in [0.5, 0.6) is 0 Å². The zero-order valence-electron chi connectivity index (χ0n) is 11.3. The molecule has 20 heavy (non-hydrogen) atoms. The summed E-state index contributed by atoms with van der Waals surface area (Å²) in [5.41, 5.74) is 0.501. The van der Waals surface area contributed by atoms with Crippen molar-refractivity contribution >= 4 is 17.4 Å². The molecule has 1 unspecified atom stereocenters. The molecule has 106 valence electrons. The van der Waals surface area contributed by atoms with E-state index >= 15 is 0 Å². The first kappa shape index (κ1) is 12.9. The monoisotopic (exact) mass is 275 g/mol. The van der Waals surface area contributed by atoms with Crippen molar-refractivity contribution in [3.8, 4) is 0 Å². The summed E-state index contributed by atoms with van der Waals surface area (Å²) >= 11 is 0. The van der Waals surface area contributed by atoms with Crippen molar-refractivity contribution < 1.29 is 14.6 Å². The average Bonchev–Trinajstić information content (AvgIpc) is 2.76. The normalized spacial score (nSPS) is 22.9. The Bertz CT molecular complexity index is 644. The number of aromatic nitrogens is 2. The van der Waals surface area contributed by atoms with Gasteiger partial charge >= 0.3 is 5.97 Å². The van der Waals surface area contributed by atoms with Gasteiger partial charge in [-0.25, -0.2) is 9.78 Å². The summed E-state index contributed by atoms with van der Waals surface area (Å²) in [5, 5.41) is 12.7. The first-order valence-corrected chi connectivity index (χ1v) is 6.65. The number of imidazole rings is 1. The number of nitrogens with one attached hydrogen (secondary N) is 1. The van der Waals surface area contributed by atoms with Gasteiger partial charge in [0.15, 0.2) is 11.5 Å². The molecule has 1 aliphatic rings. The zero-order chi connectivity index (χ0) is 14.2. The van der Waals surface area contributed by atoms with E-state index < -0.39 is 5.97 Å². The fourth-order valence-electron chi connectivity index (χ4n) is 2.61. The van der Waals surface area contributed by atoms with Crippen molar-refractivity contribution in [1.29, 1.82) is 0 Å². The van der Waals surface area contributed by atoms with E-state index in [1.165, 1.54) is 0 Å². The number of rotatable bonds is 3. The third kappa shape index (κ3) is 2.22. The first-order chi connectivity index (χ1) is 9.59. The number of hydrogen-bond donors (Lipinski definition) is 2. The van der Waals surface area contributed by atoms with Gasteiger partial charge < -0.3 is 15.2 Å². The maximum absolute atomic E-state index is 11.5. The van der Waals surface area contributed by atoms with E-state index in [9.17, 15) is 9.90 Å². The second-order valence-electron chi connectivity index (χ2n) is 5.38. The fourth-order valence-corrected chi connectivity index (χ4v) is 2.61. The number of ether oxygens (including phenoxy) is 1. The molecule has 0 amide bonds. The van der Waals surface area contributed by atoms with E-state index in [-0.39, 0.29) is 11.2 Å². The number of nitrogens with zero attached hydrogens (tertiary/aromatic N) is 2.